The highest BCUT2D eigenvalue weighted by molar-refractivity contribution is 5.78. The van der Waals surface area contributed by atoms with Crippen LogP contribution in [0.5, 0.6) is 0 Å². The lowest BCUT2D eigenvalue weighted by molar-refractivity contribution is -0.131. The van der Waals surface area contributed by atoms with Crippen molar-refractivity contribution in [1.82, 2.24) is 4.90 Å². The standard InChI is InChI=1S/C14H17F2NO3/c15-12-3-1-2-11(14(12)16)6-13(19)17-4-5-20-9-10(7-17)8-18/h1-3,10,18H,4-9H2. The highest BCUT2D eigenvalue weighted by atomic mass is 19.2. The molecular formula is C14H17F2NO3. The number of hydrogen-bond acceptors (Lipinski definition) is 3. The molecule has 0 spiro atoms. The highest BCUT2D eigenvalue weighted by Crippen LogP contribution is 2.14. The maximum Gasteiger partial charge on any atom is 0.227 e. The van der Waals surface area contributed by atoms with E-state index in [1.54, 1.807) is 0 Å². The Morgan fingerprint density at radius 3 is 3.00 bits per heavy atom. The molecule has 110 valence electrons. The van der Waals surface area contributed by atoms with E-state index in [9.17, 15) is 13.6 Å². The van der Waals surface area contributed by atoms with Crippen LogP contribution in [0.4, 0.5) is 8.78 Å². The molecule has 0 aliphatic carbocycles. The minimum atomic E-state index is -0.981. The fourth-order valence-electron chi connectivity index (χ4n) is 2.18. The Balaban J connectivity index is 2.05. The van der Waals surface area contributed by atoms with E-state index in [0.29, 0.717) is 26.3 Å². The number of benzene rings is 1. The van der Waals surface area contributed by atoms with Gasteiger partial charge in [-0.15, -0.1) is 0 Å². The molecule has 1 saturated heterocycles. The van der Waals surface area contributed by atoms with Crippen LogP contribution in [0.3, 0.4) is 0 Å². The maximum absolute atomic E-state index is 13.5. The minimum Gasteiger partial charge on any atom is -0.396 e. The number of aliphatic hydroxyl groups excluding tert-OH is 1. The van der Waals surface area contributed by atoms with Crippen molar-refractivity contribution in [2.75, 3.05) is 32.9 Å². The first-order valence-electron chi connectivity index (χ1n) is 6.51. The quantitative estimate of drug-likeness (QED) is 0.900. The highest BCUT2D eigenvalue weighted by Gasteiger charge is 2.23. The van der Waals surface area contributed by atoms with E-state index in [0.717, 1.165) is 6.07 Å². The van der Waals surface area contributed by atoms with Gasteiger partial charge < -0.3 is 14.7 Å². The van der Waals surface area contributed by atoms with Crippen LogP contribution in [0.2, 0.25) is 0 Å². The summed E-state index contributed by atoms with van der Waals surface area (Å²) in [7, 11) is 0. The van der Waals surface area contributed by atoms with Gasteiger partial charge in [-0.1, -0.05) is 12.1 Å². The molecule has 0 bridgehead atoms. The zero-order chi connectivity index (χ0) is 14.5. The molecule has 1 aromatic carbocycles. The van der Waals surface area contributed by atoms with E-state index < -0.39 is 11.6 Å². The average Bonchev–Trinajstić information content (AvgIpc) is 2.69. The molecule has 1 aliphatic rings. The Morgan fingerprint density at radius 1 is 1.45 bits per heavy atom. The molecule has 1 unspecified atom stereocenters. The molecule has 1 atom stereocenters. The number of rotatable bonds is 3. The Labute approximate surface area is 116 Å². The molecule has 0 saturated carbocycles. The predicted octanol–water partition coefficient (Wildman–Crippen LogP) is 0.975. The molecular weight excluding hydrogens is 268 g/mol. The molecule has 0 radical (unpaired) electrons. The van der Waals surface area contributed by atoms with Crippen LogP contribution in [0.15, 0.2) is 18.2 Å². The molecule has 1 heterocycles. The summed E-state index contributed by atoms with van der Waals surface area (Å²) in [4.78, 5) is 13.7. The van der Waals surface area contributed by atoms with Crippen LogP contribution >= 0.6 is 0 Å². The topological polar surface area (TPSA) is 49.8 Å². The zero-order valence-electron chi connectivity index (χ0n) is 11.0. The summed E-state index contributed by atoms with van der Waals surface area (Å²) in [6.07, 6.45) is -0.193. The van der Waals surface area contributed by atoms with E-state index in [2.05, 4.69) is 0 Å². The van der Waals surface area contributed by atoms with Crippen LogP contribution in [0.1, 0.15) is 5.56 Å². The molecule has 20 heavy (non-hydrogen) atoms. The molecule has 1 aliphatic heterocycles. The van der Waals surface area contributed by atoms with Gasteiger partial charge in [-0.05, 0) is 6.07 Å². The predicted molar refractivity (Wildman–Crippen MR) is 68.0 cm³/mol. The summed E-state index contributed by atoms with van der Waals surface area (Å²) in [6.45, 7) is 1.47. The van der Waals surface area contributed by atoms with Crippen molar-refractivity contribution in [2.45, 2.75) is 6.42 Å². The Morgan fingerprint density at radius 2 is 2.25 bits per heavy atom. The van der Waals surface area contributed by atoms with Crippen molar-refractivity contribution in [3.8, 4) is 0 Å². The third-order valence-corrected chi connectivity index (χ3v) is 3.32. The van der Waals surface area contributed by atoms with Crippen LogP contribution < -0.4 is 0 Å². The van der Waals surface area contributed by atoms with Crippen molar-refractivity contribution in [2.24, 2.45) is 5.92 Å². The first-order valence-corrected chi connectivity index (χ1v) is 6.51. The number of amides is 1. The summed E-state index contributed by atoms with van der Waals surface area (Å²) in [6, 6.07) is 3.79. The van der Waals surface area contributed by atoms with E-state index in [-0.39, 0.29) is 30.4 Å². The summed E-state index contributed by atoms with van der Waals surface area (Å²) >= 11 is 0. The van der Waals surface area contributed by atoms with Gasteiger partial charge in [0.25, 0.3) is 0 Å². The number of halogens is 2. The Hall–Kier alpha value is -1.53. The average molecular weight is 285 g/mol. The third-order valence-electron chi connectivity index (χ3n) is 3.32. The summed E-state index contributed by atoms with van der Waals surface area (Å²) < 4.78 is 31.9. The monoisotopic (exact) mass is 285 g/mol. The molecule has 0 aromatic heterocycles. The number of nitrogens with zero attached hydrogens (tertiary/aromatic N) is 1. The summed E-state index contributed by atoms with van der Waals surface area (Å²) in [5, 5.41) is 9.16. The molecule has 1 amide bonds. The molecule has 1 N–H and O–H groups in total. The maximum atomic E-state index is 13.5. The fourth-order valence-corrected chi connectivity index (χ4v) is 2.18. The van der Waals surface area contributed by atoms with Crippen molar-refractivity contribution in [3.63, 3.8) is 0 Å². The van der Waals surface area contributed by atoms with Gasteiger partial charge in [0, 0.05) is 31.2 Å². The molecule has 1 aromatic rings. The summed E-state index contributed by atoms with van der Waals surface area (Å²) in [5.41, 5.74) is 0.0423. The lowest BCUT2D eigenvalue weighted by Gasteiger charge is -2.22. The normalized spacial score (nSPS) is 19.8. The lowest BCUT2D eigenvalue weighted by atomic mass is 10.1. The lowest BCUT2D eigenvalue weighted by Crippen LogP contribution is -2.37. The van der Waals surface area contributed by atoms with Gasteiger partial charge in [-0.2, -0.15) is 0 Å². The largest absolute Gasteiger partial charge is 0.396 e. The van der Waals surface area contributed by atoms with Crippen molar-refractivity contribution < 1.29 is 23.4 Å². The van der Waals surface area contributed by atoms with Gasteiger partial charge >= 0.3 is 0 Å². The van der Waals surface area contributed by atoms with Crippen molar-refractivity contribution >= 4 is 5.91 Å². The fraction of sp³-hybridized carbons (Fsp3) is 0.500. The zero-order valence-corrected chi connectivity index (χ0v) is 11.0. The Kier molecular flexibility index (Phi) is 5.03. The van der Waals surface area contributed by atoms with Gasteiger partial charge in [0.15, 0.2) is 11.6 Å². The van der Waals surface area contributed by atoms with Crippen LogP contribution in [0.25, 0.3) is 0 Å². The van der Waals surface area contributed by atoms with E-state index in [1.165, 1.54) is 17.0 Å². The first-order chi connectivity index (χ1) is 9.61. The van der Waals surface area contributed by atoms with Crippen molar-refractivity contribution in [1.29, 1.82) is 0 Å². The second-order valence-corrected chi connectivity index (χ2v) is 4.85. The molecule has 4 nitrogen and oxygen atoms in total. The van der Waals surface area contributed by atoms with E-state index >= 15 is 0 Å². The SMILES string of the molecule is O=C(Cc1cccc(F)c1F)N1CCOCC(CO)C1. The smallest absolute Gasteiger partial charge is 0.227 e. The van der Waals surface area contributed by atoms with Crippen LogP contribution in [-0.2, 0) is 16.0 Å². The van der Waals surface area contributed by atoms with Gasteiger partial charge in [0.1, 0.15) is 0 Å². The minimum absolute atomic E-state index is 0.0423. The third kappa shape index (κ3) is 3.52. The number of carbonyl (C=O) groups excluding carboxylic acids is 1. The van der Waals surface area contributed by atoms with Crippen LogP contribution in [0, 0.1) is 17.6 Å². The van der Waals surface area contributed by atoms with Gasteiger partial charge in [0.2, 0.25) is 5.91 Å². The second kappa shape index (κ2) is 6.76. The first kappa shape index (κ1) is 14.9. The number of aliphatic hydroxyl groups is 1. The van der Waals surface area contributed by atoms with E-state index in [4.69, 9.17) is 9.84 Å². The van der Waals surface area contributed by atoms with Crippen LogP contribution in [-0.4, -0.2) is 48.8 Å². The molecule has 6 heteroatoms. The van der Waals surface area contributed by atoms with Gasteiger partial charge in [-0.3, -0.25) is 4.79 Å². The molecule has 1 fully saturated rings. The Bertz CT molecular complexity index is 481. The van der Waals surface area contributed by atoms with Crippen molar-refractivity contribution in [3.05, 3.63) is 35.4 Å². The number of hydrogen-bond donors (Lipinski definition) is 1. The van der Waals surface area contributed by atoms with Gasteiger partial charge in [-0.25, -0.2) is 8.78 Å². The summed E-state index contributed by atoms with van der Waals surface area (Å²) in [5.74, 6) is -2.37. The number of carbonyl (C=O) groups is 1. The van der Waals surface area contributed by atoms with E-state index in [1.807, 2.05) is 0 Å². The van der Waals surface area contributed by atoms with Gasteiger partial charge in [0.05, 0.1) is 19.6 Å². The second-order valence-electron chi connectivity index (χ2n) is 4.85. The molecule has 2 rings (SSSR count). The number of ether oxygens (including phenoxy) is 1.